The standard InChI is InChI=1S/C13H25NO2/c1-5-12(6-2)11(3,4)9-14-13(16-12)7-8-15-10-13/h14H,5-10H2,1-4H3. The van der Waals surface area contributed by atoms with Gasteiger partial charge in [-0.05, 0) is 12.8 Å². The summed E-state index contributed by atoms with van der Waals surface area (Å²) < 4.78 is 12.0. The van der Waals surface area contributed by atoms with E-state index < -0.39 is 0 Å². The summed E-state index contributed by atoms with van der Waals surface area (Å²) in [7, 11) is 0. The Bertz CT molecular complexity index is 253. The Balaban J connectivity index is 2.24. The fraction of sp³-hybridized carbons (Fsp3) is 1.00. The molecule has 0 aliphatic carbocycles. The summed E-state index contributed by atoms with van der Waals surface area (Å²) in [5, 5.41) is 3.56. The van der Waals surface area contributed by atoms with Crippen LogP contribution in [0.2, 0.25) is 0 Å². The molecular weight excluding hydrogens is 202 g/mol. The van der Waals surface area contributed by atoms with Gasteiger partial charge in [0.15, 0.2) is 0 Å². The van der Waals surface area contributed by atoms with Gasteiger partial charge in [-0.25, -0.2) is 0 Å². The van der Waals surface area contributed by atoms with Gasteiger partial charge < -0.3 is 9.47 Å². The van der Waals surface area contributed by atoms with Crippen molar-refractivity contribution in [3.63, 3.8) is 0 Å². The number of nitrogens with one attached hydrogen (secondary N) is 1. The van der Waals surface area contributed by atoms with Gasteiger partial charge in [-0.1, -0.05) is 27.7 Å². The zero-order chi connectivity index (χ0) is 11.9. The zero-order valence-electron chi connectivity index (χ0n) is 11.1. The summed E-state index contributed by atoms with van der Waals surface area (Å²) in [6.45, 7) is 11.6. The lowest BCUT2D eigenvalue weighted by atomic mass is 9.69. The third-order valence-corrected chi connectivity index (χ3v) is 4.60. The van der Waals surface area contributed by atoms with Gasteiger partial charge in [-0.2, -0.15) is 0 Å². The van der Waals surface area contributed by atoms with Crippen LogP contribution in [0.3, 0.4) is 0 Å². The fourth-order valence-electron chi connectivity index (χ4n) is 3.21. The Kier molecular flexibility index (Phi) is 3.06. The van der Waals surface area contributed by atoms with Crippen LogP contribution in [0.25, 0.3) is 0 Å². The molecule has 0 bridgehead atoms. The lowest BCUT2D eigenvalue weighted by molar-refractivity contribution is -0.252. The molecule has 0 amide bonds. The highest BCUT2D eigenvalue weighted by molar-refractivity contribution is 5.03. The average molecular weight is 227 g/mol. The molecule has 1 spiro atoms. The Morgan fingerprint density at radius 3 is 2.38 bits per heavy atom. The highest BCUT2D eigenvalue weighted by Gasteiger charge is 2.54. The van der Waals surface area contributed by atoms with Crippen molar-refractivity contribution in [3.8, 4) is 0 Å². The van der Waals surface area contributed by atoms with Crippen LogP contribution >= 0.6 is 0 Å². The molecule has 94 valence electrons. The van der Waals surface area contributed by atoms with E-state index in [1.54, 1.807) is 0 Å². The normalized spacial score (nSPS) is 36.8. The van der Waals surface area contributed by atoms with Crippen LogP contribution in [0.4, 0.5) is 0 Å². The van der Waals surface area contributed by atoms with Gasteiger partial charge in [0.2, 0.25) is 0 Å². The molecular formula is C13H25NO2. The van der Waals surface area contributed by atoms with Crippen molar-refractivity contribution in [2.45, 2.75) is 58.3 Å². The monoisotopic (exact) mass is 227 g/mol. The SMILES string of the molecule is CCC1(CC)OC2(CCOC2)NCC1(C)C. The second-order valence-corrected chi connectivity index (χ2v) is 5.84. The predicted octanol–water partition coefficient (Wildman–Crippen LogP) is 2.31. The predicted molar refractivity (Wildman–Crippen MR) is 64.3 cm³/mol. The van der Waals surface area contributed by atoms with Crippen molar-refractivity contribution < 1.29 is 9.47 Å². The van der Waals surface area contributed by atoms with Crippen molar-refractivity contribution in [2.24, 2.45) is 5.41 Å². The van der Waals surface area contributed by atoms with Crippen LogP contribution < -0.4 is 5.32 Å². The highest BCUT2D eigenvalue weighted by Crippen LogP contribution is 2.46. The third kappa shape index (κ3) is 1.69. The van der Waals surface area contributed by atoms with Gasteiger partial charge in [0.05, 0.1) is 18.8 Å². The molecule has 2 saturated heterocycles. The number of rotatable bonds is 2. The Morgan fingerprint density at radius 2 is 1.88 bits per heavy atom. The molecule has 3 nitrogen and oxygen atoms in total. The van der Waals surface area contributed by atoms with Crippen LogP contribution in [0.5, 0.6) is 0 Å². The topological polar surface area (TPSA) is 30.5 Å². The summed E-state index contributed by atoms with van der Waals surface area (Å²) in [5.41, 5.74) is -0.0299. The van der Waals surface area contributed by atoms with Crippen LogP contribution in [0, 0.1) is 5.41 Å². The zero-order valence-corrected chi connectivity index (χ0v) is 11.1. The first-order valence-corrected chi connectivity index (χ1v) is 6.52. The molecule has 2 aliphatic heterocycles. The minimum atomic E-state index is -0.207. The number of hydrogen-bond donors (Lipinski definition) is 1. The maximum atomic E-state index is 6.50. The van der Waals surface area contributed by atoms with E-state index in [0.29, 0.717) is 6.61 Å². The van der Waals surface area contributed by atoms with Gasteiger partial charge >= 0.3 is 0 Å². The van der Waals surface area contributed by atoms with E-state index in [1.165, 1.54) is 0 Å². The molecule has 1 N–H and O–H groups in total. The van der Waals surface area contributed by atoms with Crippen LogP contribution in [-0.2, 0) is 9.47 Å². The van der Waals surface area contributed by atoms with Crippen molar-refractivity contribution in [3.05, 3.63) is 0 Å². The van der Waals surface area contributed by atoms with E-state index in [1.807, 2.05) is 0 Å². The molecule has 0 aromatic heterocycles. The number of hydrogen-bond acceptors (Lipinski definition) is 3. The second-order valence-electron chi connectivity index (χ2n) is 5.84. The minimum absolute atomic E-state index is 0.00799. The first kappa shape index (κ1) is 12.3. The molecule has 16 heavy (non-hydrogen) atoms. The summed E-state index contributed by atoms with van der Waals surface area (Å²) in [5.74, 6) is 0. The molecule has 1 unspecified atom stereocenters. The van der Waals surface area contributed by atoms with Crippen LogP contribution in [0.1, 0.15) is 47.0 Å². The molecule has 0 aromatic carbocycles. The van der Waals surface area contributed by atoms with Gasteiger partial charge in [0.25, 0.3) is 0 Å². The van der Waals surface area contributed by atoms with Gasteiger partial charge in [0, 0.05) is 18.4 Å². The molecule has 2 aliphatic rings. The molecule has 3 heteroatoms. The fourth-order valence-corrected chi connectivity index (χ4v) is 3.21. The van der Waals surface area contributed by atoms with Crippen LogP contribution in [0.15, 0.2) is 0 Å². The highest BCUT2D eigenvalue weighted by atomic mass is 16.6. The van der Waals surface area contributed by atoms with Gasteiger partial charge in [0.1, 0.15) is 5.72 Å². The molecule has 1 atom stereocenters. The lowest BCUT2D eigenvalue weighted by Gasteiger charge is -2.55. The first-order valence-electron chi connectivity index (χ1n) is 6.52. The smallest absolute Gasteiger partial charge is 0.145 e. The van der Waals surface area contributed by atoms with E-state index in [4.69, 9.17) is 9.47 Å². The molecule has 0 radical (unpaired) electrons. The van der Waals surface area contributed by atoms with E-state index in [2.05, 4.69) is 33.0 Å². The van der Waals surface area contributed by atoms with E-state index in [9.17, 15) is 0 Å². The lowest BCUT2D eigenvalue weighted by Crippen LogP contribution is -2.67. The maximum absolute atomic E-state index is 6.50. The first-order chi connectivity index (χ1) is 7.49. The van der Waals surface area contributed by atoms with Gasteiger partial charge in [-0.3, -0.25) is 5.32 Å². The van der Waals surface area contributed by atoms with Gasteiger partial charge in [-0.15, -0.1) is 0 Å². The molecule has 0 aromatic rings. The van der Waals surface area contributed by atoms with Crippen LogP contribution in [-0.4, -0.2) is 31.1 Å². The molecule has 2 fully saturated rings. The maximum Gasteiger partial charge on any atom is 0.145 e. The Morgan fingerprint density at radius 1 is 1.19 bits per heavy atom. The Hall–Kier alpha value is -0.120. The third-order valence-electron chi connectivity index (χ3n) is 4.60. The molecule has 2 heterocycles. The summed E-state index contributed by atoms with van der Waals surface area (Å²) >= 11 is 0. The largest absolute Gasteiger partial charge is 0.377 e. The Labute approximate surface area is 98.9 Å². The average Bonchev–Trinajstić information content (AvgIpc) is 2.71. The van der Waals surface area contributed by atoms with Crippen molar-refractivity contribution in [2.75, 3.05) is 19.8 Å². The summed E-state index contributed by atoms with van der Waals surface area (Å²) in [6.07, 6.45) is 3.12. The summed E-state index contributed by atoms with van der Waals surface area (Å²) in [6, 6.07) is 0. The van der Waals surface area contributed by atoms with Crippen molar-refractivity contribution in [1.29, 1.82) is 0 Å². The molecule has 2 rings (SSSR count). The van der Waals surface area contributed by atoms with E-state index >= 15 is 0 Å². The van der Waals surface area contributed by atoms with Crippen molar-refractivity contribution >= 4 is 0 Å². The quantitative estimate of drug-likeness (QED) is 0.785. The number of ether oxygens (including phenoxy) is 2. The molecule has 0 saturated carbocycles. The van der Waals surface area contributed by atoms with E-state index in [-0.39, 0.29) is 16.7 Å². The summed E-state index contributed by atoms with van der Waals surface area (Å²) in [4.78, 5) is 0. The van der Waals surface area contributed by atoms with Crippen molar-refractivity contribution in [1.82, 2.24) is 5.32 Å². The second kappa shape index (κ2) is 3.97. The van der Waals surface area contributed by atoms with E-state index in [0.717, 1.165) is 32.4 Å². The minimum Gasteiger partial charge on any atom is -0.377 e.